The molecule has 3 rings (SSSR count). The number of thiophene rings is 1. The summed E-state index contributed by atoms with van der Waals surface area (Å²) in [7, 11) is 0. The Kier molecular flexibility index (Phi) is 5.28. The number of rotatable bonds is 4. The van der Waals surface area contributed by atoms with Crippen molar-refractivity contribution in [3.8, 4) is 0 Å². The van der Waals surface area contributed by atoms with Crippen LogP contribution in [0.25, 0.3) is 0 Å². The number of hydrogen-bond acceptors (Lipinski definition) is 4. The predicted molar refractivity (Wildman–Crippen MR) is 97.6 cm³/mol. The summed E-state index contributed by atoms with van der Waals surface area (Å²) in [5, 5.41) is 6.76. The second kappa shape index (κ2) is 7.40. The molecule has 1 aliphatic heterocycles. The topological polar surface area (TPSA) is 18.8 Å². The number of nitrogens with zero attached hydrogens (tertiary/aromatic N) is 3. The average Bonchev–Trinajstić information content (AvgIpc) is 2.94. The molecule has 22 heavy (non-hydrogen) atoms. The van der Waals surface area contributed by atoms with Crippen molar-refractivity contribution in [2.24, 2.45) is 5.10 Å². The van der Waals surface area contributed by atoms with Crippen LogP contribution in [0.2, 0.25) is 0 Å². The lowest BCUT2D eigenvalue weighted by Crippen LogP contribution is -2.43. The van der Waals surface area contributed by atoms with E-state index in [0.717, 1.165) is 36.5 Å². The molecule has 0 atom stereocenters. The Bertz CT molecular complexity index is 628. The van der Waals surface area contributed by atoms with Gasteiger partial charge in [-0.2, -0.15) is 5.10 Å². The van der Waals surface area contributed by atoms with E-state index in [9.17, 15) is 0 Å². The van der Waals surface area contributed by atoms with Crippen LogP contribution in [0.1, 0.15) is 16.0 Å². The third kappa shape index (κ3) is 4.41. The van der Waals surface area contributed by atoms with E-state index in [2.05, 4.69) is 74.3 Å². The van der Waals surface area contributed by atoms with Crippen LogP contribution in [0.15, 0.2) is 45.3 Å². The second-order valence-corrected chi connectivity index (χ2v) is 8.10. The average molecular weight is 378 g/mol. The fourth-order valence-electron chi connectivity index (χ4n) is 2.50. The minimum atomic E-state index is 0.995. The Morgan fingerprint density at radius 3 is 2.45 bits per heavy atom. The Morgan fingerprint density at radius 1 is 1.09 bits per heavy atom. The van der Waals surface area contributed by atoms with Gasteiger partial charge in [0.05, 0.1) is 10.0 Å². The molecule has 1 aromatic heterocycles. The van der Waals surface area contributed by atoms with Gasteiger partial charge in [0.15, 0.2) is 0 Å². The molecule has 0 spiro atoms. The molecule has 0 N–H and O–H groups in total. The predicted octanol–water partition coefficient (Wildman–Crippen LogP) is 3.97. The van der Waals surface area contributed by atoms with E-state index in [1.54, 1.807) is 11.3 Å². The van der Waals surface area contributed by atoms with Crippen molar-refractivity contribution in [3.63, 3.8) is 0 Å². The minimum absolute atomic E-state index is 0.995. The Labute approximate surface area is 144 Å². The number of piperazine rings is 1. The molecular formula is C17H20BrN3S. The van der Waals surface area contributed by atoms with Gasteiger partial charge in [0, 0.05) is 37.6 Å². The van der Waals surface area contributed by atoms with E-state index in [1.165, 1.54) is 16.0 Å². The fourth-order valence-corrected chi connectivity index (χ4v) is 3.79. The maximum Gasteiger partial charge on any atom is 0.0705 e. The van der Waals surface area contributed by atoms with Gasteiger partial charge in [-0.05, 0) is 40.5 Å². The van der Waals surface area contributed by atoms with Crippen LogP contribution in [0.3, 0.4) is 0 Å². The summed E-state index contributed by atoms with van der Waals surface area (Å²) in [5.74, 6) is 0. The normalized spacial score (nSPS) is 16.5. The molecule has 0 aliphatic carbocycles. The Hall–Kier alpha value is -1.17. The van der Waals surface area contributed by atoms with Crippen molar-refractivity contribution >= 4 is 33.5 Å². The monoisotopic (exact) mass is 377 g/mol. The smallest absolute Gasteiger partial charge is 0.0705 e. The first-order chi connectivity index (χ1) is 10.7. The zero-order chi connectivity index (χ0) is 15.4. The van der Waals surface area contributed by atoms with Gasteiger partial charge in [0.1, 0.15) is 0 Å². The molecule has 0 saturated carbocycles. The molecule has 1 aliphatic rings. The number of benzene rings is 1. The van der Waals surface area contributed by atoms with E-state index in [0.29, 0.717) is 0 Å². The molecule has 1 fully saturated rings. The van der Waals surface area contributed by atoms with E-state index in [-0.39, 0.29) is 0 Å². The third-order valence-electron chi connectivity index (χ3n) is 3.82. The molecule has 116 valence electrons. The molecule has 2 aromatic rings. The van der Waals surface area contributed by atoms with Crippen LogP contribution >= 0.6 is 27.3 Å². The molecule has 3 nitrogen and oxygen atoms in total. The number of hydrazone groups is 1. The second-order valence-electron chi connectivity index (χ2n) is 5.60. The molecule has 1 aromatic carbocycles. The maximum absolute atomic E-state index is 4.59. The SMILES string of the molecule is Cc1ccc(CN2CCN(N=Cc3ccc(Br)s3)CC2)cc1. The lowest BCUT2D eigenvalue weighted by Gasteiger charge is -2.33. The van der Waals surface area contributed by atoms with Crippen molar-refractivity contribution in [2.45, 2.75) is 13.5 Å². The first kappa shape index (κ1) is 15.7. The van der Waals surface area contributed by atoms with Gasteiger partial charge in [-0.1, -0.05) is 29.8 Å². The van der Waals surface area contributed by atoms with Crippen LogP contribution < -0.4 is 0 Å². The summed E-state index contributed by atoms with van der Waals surface area (Å²) in [5.41, 5.74) is 2.72. The quantitative estimate of drug-likeness (QED) is 0.750. The molecule has 0 radical (unpaired) electrons. The van der Waals surface area contributed by atoms with Gasteiger partial charge in [-0.3, -0.25) is 9.91 Å². The molecule has 0 amide bonds. The van der Waals surface area contributed by atoms with Gasteiger partial charge >= 0.3 is 0 Å². The Morgan fingerprint density at radius 2 is 1.82 bits per heavy atom. The zero-order valence-corrected chi connectivity index (χ0v) is 15.1. The summed E-state index contributed by atoms with van der Waals surface area (Å²) < 4.78 is 1.15. The van der Waals surface area contributed by atoms with Crippen LogP contribution in [0, 0.1) is 6.92 Å². The summed E-state index contributed by atoms with van der Waals surface area (Å²) in [6, 6.07) is 13.0. The van der Waals surface area contributed by atoms with Crippen molar-refractivity contribution in [3.05, 3.63) is 56.2 Å². The van der Waals surface area contributed by atoms with E-state index in [1.807, 2.05) is 6.21 Å². The highest BCUT2D eigenvalue weighted by Crippen LogP contribution is 2.20. The largest absolute Gasteiger partial charge is 0.295 e. The number of hydrogen-bond donors (Lipinski definition) is 0. The first-order valence-corrected chi connectivity index (χ1v) is 9.12. The molecule has 0 unspecified atom stereocenters. The van der Waals surface area contributed by atoms with E-state index >= 15 is 0 Å². The van der Waals surface area contributed by atoms with Gasteiger partial charge in [0.25, 0.3) is 0 Å². The van der Waals surface area contributed by atoms with E-state index < -0.39 is 0 Å². The highest BCUT2D eigenvalue weighted by Gasteiger charge is 2.15. The maximum atomic E-state index is 4.59. The highest BCUT2D eigenvalue weighted by molar-refractivity contribution is 9.11. The lowest BCUT2D eigenvalue weighted by molar-refractivity contribution is 0.131. The summed E-state index contributed by atoms with van der Waals surface area (Å²) >= 11 is 5.19. The van der Waals surface area contributed by atoms with Gasteiger partial charge in [0.2, 0.25) is 0 Å². The number of halogens is 1. The summed E-state index contributed by atoms with van der Waals surface area (Å²) in [4.78, 5) is 3.69. The van der Waals surface area contributed by atoms with Gasteiger partial charge in [-0.25, -0.2) is 0 Å². The number of aryl methyl sites for hydroxylation is 1. The van der Waals surface area contributed by atoms with Crippen molar-refractivity contribution < 1.29 is 0 Å². The molecular weight excluding hydrogens is 358 g/mol. The minimum Gasteiger partial charge on any atom is -0.295 e. The van der Waals surface area contributed by atoms with Crippen molar-refractivity contribution in [2.75, 3.05) is 26.2 Å². The van der Waals surface area contributed by atoms with E-state index in [4.69, 9.17) is 0 Å². The standard InChI is InChI=1S/C17H20BrN3S/c1-14-2-4-15(5-3-14)13-20-8-10-21(11-9-20)19-12-16-6-7-17(18)22-16/h2-7,12H,8-11,13H2,1H3. The fraction of sp³-hybridized carbons (Fsp3) is 0.353. The Balaban J connectivity index is 1.48. The molecule has 0 bridgehead atoms. The van der Waals surface area contributed by atoms with Crippen LogP contribution in [0.5, 0.6) is 0 Å². The van der Waals surface area contributed by atoms with Crippen LogP contribution in [0.4, 0.5) is 0 Å². The lowest BCUT2D eigenvalue weighted by atomic mass is 10.1. The summed E-state index contributed by atoms with van der Waals surface area (Å²) in [6.45, 7) is 7.30. The first-order valence-electron chi connectivity index (χ1n) is 7.51. The van der Waals surface area contributed by atoms with Gasteiger partial charge < -0.3 is 0 Å². The molecule has 1 saturated heterocycles. The third-order valence-corrected chi connectivity index (χ3v) is 5.38. The van der Waals surface area contributed by atoms with Crippen molar-refractivity contribution in [1.29, 1.82) is 0 Å². The summed E-state index contributed by atoms with van der Waals surface area (Å²) in [6.07, 6.45) is 1.96. The van der Waals surface area contributed by atoms with Crippen molar-refractivity contribution in [1.82, 2.24) is 9.91 Å². The highest BCUT2D eigenvalue weighted by atomic mass is 79.9. The van der Waals surface area contributed by atoms with Gasteiger partial charge in [-0.15, -0.1) is 11.3 Å². The molecule has 2 heterocycles. The zero-order valence-electron chi connectivity index (χ0n) is 12.7. The molecule has 5 heteroatoms. The van der Waals surface area contributed by atoms with Crippen LogP contribution in [-0.4, -0.2) is 42.3 Å². The van der Waals surface area contributed by atoms with Crippen LogP contribution in [-0.2, 0) is 6.54 Å².